The highest BCUT2D eigenvalue weighted by Crippen LogP contribution is 2.15. The first-order valence-corrected chi connectivity index (χ1v) is 7.70. The quantitative estimate of drug-likeness (QED) is 0.666. The van der Waals surface area contributed by atoms with Gasteiger partial charge in [-0.3, -0.25) is 4.98 Å². The van der Waals surface area contributed by atoms with Gasteiger partial charge in [-0.05, 0) is 30.7 Å². The van der Waals surface area contributed by atoms with Crippen LogP contribution in [0.15, 0.2) is 54.7 Å². The molecular formula is C17H23BN2O2. The maximum absolute atomic E-state index is 6.10. The number of rotatable bonds is 9. The van der Waals surface area contributed by atoms with Gasteiger partial charge in [-0.2, -0.15) is 0 Å². The summed E-state index contributed by atoms with van der Waals surface area (Å²) in [7, 11) is 1.50. The third-order valence-corrected chi connectivity index (χ3v) is 3.33. The summed E-state index contributed by atoms with van der Waals surface area (Å²) in [5, 5.41) is 0. The van der Waals surface area contributed by atoms with Crippen molar-refractivity contribution >= 4 is 18.3 Å². The number of para-hydroxylation sites is 1. The largest absolute Gasteiger partial charge is 0.471 e. The molecular weight excluding hydrogens is 275 g/mol. The molecule has 116 valence electrons. The van der Waals surface area contributed by atoms with Crippen LogP contribution in [-0.4, -0.2) is 38.9 Å². The lowest BCUT2D eigenvalue weighted by Crippen LogP contribution is -2.53. The number of aromatic nitrogens is 1. The molecule has 4 nitrogen and oxygen atoms in total. The Morgan fingerprint density at radius 3 is 2.45 bits per heavy atom. The normalized spacial score (nSPS) is 10.5. The van der Waals surface area contributed by atoms with E-state index in [-0.39, 0.29) is 7.05 Å². The molecule has 0 aliphatic rings. The molecule has 0 atom stereocenters. The molecule has 0 aliphatic heterocycles. The van der Waals surface area contributed by atoms with Crippen LogP contribution in [0.25, 0.3) is 0 Å². The van der Waals surface area contributed by atoms with Gasteiger partial charge >= 0.3 is 7.05 Å². The molecule has 1 aromatic carbocycles. The molecule has 0 spiro atoms. The number of ether oxygens (including phenoxy) is 1. The van der Waals surface area contributed by atoms with Gasteiger partial charge in [-0.25, -0.2) is 0 Å². The third-order valence-electron chi connectivity index (χ3n) is 3.33. The molecule has 22 heavy (non-hydrogen) atoms. The summed E-state index contributed by atoms with van der Waals surface area (Å²) in [6.07, 6.45) is 2.77. The fraction of sp³-hybridized carbons (Fsp3) is 0.353. The Balaban J connectivity index is 2.30. The molecule has 0 N–H and O–H groups in total. The highest BCUT2D eigenvalue weighted by atomic mass is 16.5. The van der Waals surface area contributed by atoms with Crippen molar-refractivity contribution in [2.45, 2.75) is 13.3 Å². The van der Waals surface area contributed by atoms with E-state index in [0.717, 1.165) is 24.2 Å². The molecule has 0 radical (unpaired) electrons. The van der Waals surface area contributed by atoms with Gasteiger partial charge in [0.1, 0.15) is 0 Å². The fourth-order valence-corrected chi connectivity index (χ4v) is 2.28. The minimum atomic E-state index is -0.210. The van der Waals surface area contributed by atoms with Crippen molar-refractivity contribution in [1.29, 1.82) is 0 Å². The minimum Gasteiger partial charge on any atom is -0.412 e. The lowest BCUT2D eigenvalue weighted by molar-refractivity contribution is 0.206. The van der Waals surface area contributed by atoms with Crippen molar-refractivity contribution in [1.82, 2.24) is 4.98 Å². The van der Waals surface area contributed by atoms with Gasteiger partial charge in [-0.15, -0.1) is 0 Å². The van der Waals surface area contributed by atoms with E-state index in [1.807, 2.05) is 36.4 Å². The average Bonchev–Trinajstić information content (AvgIpc) is 2.59. The van der Waals surface area contributed by atoms with Crippen LogP contribution >= 0.6 is 0 Å². The van der Waals surface area contributed by atoms with Crippen molar-refractivity contribution in [3.8, 4) is 0 Å². The molecule has 1 heterocycles. The summed E-state index contributed by atoms with van der Waals surface area (Å²) in [4.78, 5) is 6.67. The van der Waals surface area contributed by atoms with E-state index in [4.69, 9.17) is 9.39 Å². The summed E-state index contributed by atoms with van der Waals surface area (Å²) < 4.78 is 11.4. The van der Waals surface area contributed by atoms with Crippen molar-refractivity contribution in [3.05, 3.63) is 54.7 Å². The molecule has 2 aromatic rings. The van der Waals surface area contributed by atoms with Crippen LogP contribution < -0.4 is 10.4 Å². The van der Waals surface area contributed by atoms with Crippen LogP contribution in [0.1, 0.15) is 13.3 Å². The number of hydrogen-bond acceptors (Lipinski definition) is 4. The van der Waals surface area contributed by atoms with Crippen LogP contribution in [-0.2, 0) is 9.39 Å². The molecule has 0 unspecified atom stereocenters. The smallest absolute Gasteiger partial charge is 0.412 e. The second-order valence-electron chi connectivity index (χ2n) is 5.00. The summed E-state index contributed by atoms with van der Waals surface area (Å²) in [6.45, 7) is 4.17. The SMILES string of the molecule is CCCOB(c1ccccn1)N(CCOC)c1ccccc1. The maximum atomic E-state index is 6.10. The molecule has 5 heteroatoms. The molecule has 1 aromatic heterocycles. The zero-order valence-electron chi connectivity index (χ0n) is 13.3. The van der Waals surface area contributed by atoms with Crippen molar-refractivity contribution in [2.24, 2.45) is 0 Å². The number of methoxy groups -OCH3 is 1. The summed E-state index contributed by atoms with van der Waals surface area (Å²) in [5.41, 5.74) is 2.02. The monoisotopic (exact) mass is 298 g/mol. The van der Waals surface area contributed by atoms with Gasteiger partial charge in [-0.1, -0.05) is 31.2 Å². The molecule has 0 saturated carbocycles. The van der Waals surface area contributed by atoms with Crippen molar-refractivity contribution < 1.29 is 9.39 Å². The Kier molecular flexibility index (Phi) is 6.93. The second-order valence-corrected chi connectivity index (χ2v) is 5.00. The van der Waals surface area contributed by atoms with E-state index in [9.17, 15) is 0 Å². The van der Waals surface area contributed by atoms with Crippen molar-refractivity contribution in [2.75, 3.05) is 31.7 Å². The van der Waals surface area contributed by atoms with Crippen LogP contribution in [0.5, 0.6) is 0 Å². The van der Waals surface area contributed by atoms with E-state index < -0.39 is 0 Å². The summed E-state index contributed by atoms with van der Waals surface area (Å²) in [6, 6.07) is 16.2. The summed E-state index contributed by atoms with van der Waals surface area (Å²) >= 11 is 0. The lowest BCUT2D eigenvalue weighted by Gasteiger charge is -2.30. The highest BCUT2D eigenvalue weighted by molar-refractivity contribution is 6.70. The zero-order valence-corrected chi connectivity index (χ0v) is 13.3. The lowest BCUT2D eigenvalue weighted by atomic mass is 9.74. The van der Waals surface area contributed by atoms with Crippen LogP contribution in [0.2, 0.25) is 0 Å². The van der Waals surface area contributed by atoms with Crippen molar-refractivity contribution in [3.63, 3.8) is 0 Å². The summed E-state index contributed by atoms with van der Waals surface area (Å²) in [5.74, 6) is 0. The van der Waals surface area contributed by atoms with Gasteiger partial charge in [0, 0.05) is 32.1 Å². The number of anilines is 1. The average molecular weight is 298 g/mol. The third kappa shape index (κ3) is 4.58. The van der Waals surface area contributed by atoms with Gasteiger partial charge in [0.15, 0.2) is 0 Å². The van der Waals surface area contributed by atoms with E-state index >= 15 is 0 Å². The van der Waals surface area contributed by atoms with Gasteiger partial charge < -0.3 is 14.2 Å². The molecule has 0 saturated heterocycles. The number of hydrogen-bond donors (Lipinski definition) is 0. The standard InChI is InChI=1S/C17H23BN2O2/c1-3-14-22-18(17-11-7-8-12-19-17)20(13-15-21-2)16-9-5-4-6-10-16/h4-12H,3,13-15H2,1-2H3. The number of benzene rings is 1. The van der Waals surface area contributed by atoms with Crippen LogP contribution in [0.3, 0.4) is 0 Å². The minimum absolute atomic E-state index is 0.210. The van der Waals surface area contributed by atoms with E-state index in [1.165, 1.54) is 0 Å². The number of nitrogens with zero attached hydrogens (tertiary/aromatic N) is 2. The van der Waals surface area contributed by atoms with E-state index in [1.54, 1.807) is 13.3 Å². The van der Waals surface area contributed by atoms with Gasteiger partial charge in [0.25, 0.3) is 0 Å². The maximum Gasteiger partial charge on any atom is 0.471 e. The van der Waals surface area contributed by atoms with Gasteiger partial charge in [0.2, 0.25) is 0 Å². The van der Waals surface area contributed by atoms with Crippen LogP contribution in [0.4, 0.5) is 5.69 Å². The van der Waals surface area contributed by atoms with E-state index in [0.29, 0.717) is 13.2 Å². The highest BCUT2D eigenvalue weighted by Gasteiger charge is 2.29. The first-order valence-electron chi connectivity index (χ1n) is 7.70. The topological polar surface area (TPSA) is 34.6 Å². The van der Waals surface area contributed by atoms with E-state index in [2.05, 4.69) is 28.9 Å². The predicted molar refractivity (Wildman–Crippen MR) is 91.5 cm³/mol. The van der Waals surface area contributed by atoms with Gasteiger partial charge in [0.05, 0.1) is 12.2 Å². The zero-order chi connectivity index (χ0) is 15.6. The Bertz CT molecular complexity index is 475. The molecule has 0 fully saturated rings. The Labute approximate surface area is 133 Å². The molecule has 0 amide bonds. The molecule has 2 rings (SSSR count). The molecule has 0 aliphatic carbocycles. The van der Waals surface area contributed by atoms with Crippen LogP contribution in [0, 0.1) is 0 Å². The Hall–Kier alpha value is -1.85. The first-order chi connectivity index (χ1) is 10.9. The first kappa shape index (κ1) is 16.5. The fourth-order valence-electron chi connectivity index (χ4n) is 2.28. The Morgan fingerprint density at radius 1 is 1.05 bits per heavy atom. The predicted octanol–water partition coefficient (Wildman–Crippen LogP) is 2.36. The second kappa shape index (κ2) is 9.23. The number of pyridine rings is 1. The Morgan fingerprint density at radius 2 is 1.82 bits per heavy atom. The molecule has 0 bridgehead atoms.